The number of ether oxygens (including phenoxy) is 2. The molecule has 15 nitrogen and oxygen atoms in total. The monoisotopic (exact) mass is 636 g/mol. The zero-order valence-electron chi connectivity index (χ0n) is 26.1. The first-order chi connectivity index (χ1) is 21.9. The molecular formula is C30H48N6O9. The quantitative estimate of drug-likeness (QED) is 0.0429. The zero-order chi connectivity index (χ0) is 33.4. The molecule has 252 valence electrons. The van der Waals surface area contributed by atoms with E-state index in [-0.39, 0.29) is 6.54 Å². The molecule has 0 spiro atoms. The lowest BCUT2D eigenvalue weighted by Crippen LogP contribution is -2.52. The van der Waals surface area contributed by atoms with Crippen molar-refractivity contribution in [2.75, 3.05) is 52.5 Å². The van der Waals surface area contributed by atoms with Gasteiger partial charge in [-0.05, 0) is 38.5 Å². The van der Waals surface area contributed by atoms with Crippen LogP contribution in [0.15, 0.2) is 27.6 Å². The fourth-order valence-corrected chi connectivity index (χ4v) is 4.03. The van der Waals surface area contributed by atoms with Crippen molar-refractivity contribution in [1.82, 2.24) is 16.0 Å². The molecule has 0 heterocycles. The van der Waals surface area contributed by atoms with Gasteiger partial charge in [0.05, 0.1) is 25.0 Å². The molecule has 0 saturated carbocycles. The summed E-state index contributed by atoms with van der Waals surface area (Å²) in [4.78, 5) is 78.3. The van der Waals surface area contributed by atoms with E-state index in [0.29, 0.717) is 52.0 Å². The van der Waals surface area contributed by atoms with Gasteiger partial charge >= 0.3 is 12.2 Å². The third kappa shape index (κ3) is 22.1. The van der Waals surface area contributed by atoms with Gasteiger partial charge in [0.15, 0.2) is 0 Å². The molecule has 1 atom stereocenters. The zero-order valence-corrected chi connectivity index (χ0v) is 26.1. The van der Waals surface area contributed by atoms with Crippen LogP contribution in [0.1, 0.15) is 77.0 Å². The van der Waals surface area contributed by atoms with Crippen LogP contribution in [0.2, 0.25) is 0 Å². The van der Waals surface area contributed by atoms with Crippen LogP contribution in [0.3, 0.4) is 0 Å². The second-order valence-electron chi connectivity index (χ2n) is 10.3. The number of aliphatic hydroxyl groups excluding tert-OH is 1. The van der Waals surface area contributed by atoms with Gasteiger partial charge in [0.2, 0.25) is 24.1 Å². The fourth-order valence-electron chi connectivity index (χ4n) is 4.03. The normalized spacial score (nSPS) is 12.1. The number of amides is 3. The van der Waals surface area contributed by atoms with Crippen LogP contribution in [-0.4, -0.2) is 100 Å². The Kier molecular flexibility index (Phi) is 26.0. The van der Waals surface area contributed by atoms with Gasteiger partial charge in [-0.1, -0.05) is 44.6 Å². The van der Waals surface area contributed by atoms with E-state index in [9.17, 15) is 33.9 Å². The fraction of sp³-hybridized carbons (Fsp3) is 0.733. The van der Waals surface area contributed by atoms with Crippen molar-refractivity contribution in [1.29, 1.82) is 0 Å². The Labute approximate surface area is 264 Å². The summed E-state index contributed by atoms with van der Waals surface area (Å²) in [6.07, 6.45) is 11.4. The molecule has 0 bridgehead atoms. The SMILES string of the molecule is C=CC(COC(=O)NCCCCCCN=C=O)(COC(=O)NCCCCCCN=C=O)C(O)C(=O)NCCCCCCN=C=O. The average molecular weight is 637 g/mol. The van der Waals surface area contributed by atoms with Crippen molar-refractivity contribution in [3.05, 3.63) is 12.7 Å². The molecule has 0 aromatic carbocycles. The standard InChI is InChI=1S/C30H48N6O9/c1-2-30(21-44-28(42)35-19-13-7-4-10-16-32-24-38,22-45-29(43)36-20-14-8-5-11-17-33-25-39)26(40)27(41)34-18-12-6-3-9-15-31-23-37/h2,26,40H,1,3-22H2,(H,34,41)(H,35,42)(H,36,43). The predicted octanol–water partition coefficient (Wildman–Crippen LogP) is 2.78. The molecule has 0 rings (SSSR count). The topological polar surface area (TPSA) is 214 Å². The van der Waals surface area contributed by atoms with Crippen molar-refractivity contribution in [3.63, 3.8) is 0 Å². The van der Waals surface area contributed by atoms with Gasteiger partial charge in [-0.3, -0.25) is 4.79 Å². The number of nitrogens with zero attached hydrogens (tertiary/aromatic N) is 3. The molecular weight excluding hydrogens is 588 g/mol. The minimum absolute atomic E-state index is 0.270. The molecule has 0 aromatic heterocycles. The van der Waals surface area contributed by atoms with E-state index in [1.54, 1.807) is 0 Å². The van der Waals surface area contributed by atoms with Gasteiger partial charge in [0, 0.05) is 19.6 Å². The summed E-state index contributed by atoms with van der Waals surface area (Å²) in [5.74, 6) is -0.744. The highest BCUT2D eigenvalue weighted by Gasteiger charge is 2.42. The predicted molar refractivity (Wildman–Crippen MR) is 165 cm³/mol. The van der Waals surface area contributed by atoms with E-state index in [4.69, 9.17) is 9.47 Å². The molecule has 45 heavy (non-hydrogen) atoms. The molecule has 0 saturated heterocycles. The molecule has 0 aliphatic heterocycles. The van der Waals surface area contributed by atoms with Crippen LogP contribution in [0, 0.1) is 5.41 Å². The van der Waals surface area contributed by atoms with Gasteiger partial charge in [-0.2, -0.15) is 0 Å². The number of nitrogens with one attached hydrogen (secondary N) is 3. The van der Waals surface area contributed by atoms with Crippen LogP contribution in [0.25, 0.3) is 0 Å². The Balaban J connectivity index is 4.96. The molecule has 0 aromatic rings. The summed E-state index contributed by atoms with van der Waals surface area (Å²) in [7, 11) is 0. The highest BCUT2D eigenvalue weighted by molar-refractivity contribution is 5.82. The number of alkyl carbamates (subject to hydrolysis) is 2. The second-order valence-corrected chi connectivity index (χ2v) is 10.3. The maximum Gasteiger partial charge on any atom is 0.407 e. The minimum Gasteiger partial charge on any atom is -0.448 e. The first-order valence-corrected chi connectivity index (χ1v) is 15.4. The lowest BCUT2D eigenvalue weighted by molar-refractivity contribution is -0.138. The smallest absolute Gasteiger partial charge is 0.407 e. The molecule has 1 unspecified atom stereocenters. The van der Waals surface area contributed by atoms with Gasteiger partial charge < -0.3 is 30.5 Å². The Hall–Kier alpha value is -4.15. The number of isocyanates is 3. The lowest BCUT2D eigenvalue weighted by atomic mass is 9.83. The van der Waals surface area contributed by atoms with E-state index < -0.39 is 42.8 Å². The van der Waals surface area contributed by atoms with Crippen molar-refractivity contribution in [3.8, 4) is 0 Å². The summed E-state index contributed by atoms with van der Waals surface area (Å²) in [5, 5.41) is 18.8. The molecule has 3 amide bonds. The van der Waals surface area contributed by atoms with E-state index in [1.807, 2.05) is 0 Å². The molecule has 0 radical (unpaired) electrons. The van der Waals surface area contributed by atoms with Crippen molar-refractivity contribution in [2.45, 2.75) is 83.2 Å². The molecule has 15 heteroatoms. The van der Waals surface area contributed by atoms with Crippen LogP contribution >= 0.6 is 0 Å². The molecule has 4 N–H and O–H groups in total. The number of carbonyl (C=O) groups is 3. The average Bonchev–Trinajstić information content (AvgIpc) is 3.04. The van der Waals surface area contributed by atoms with E-state index in [0.717, 1.165) is 57.8 Å². The number of aliphatic imine (C=N–C) groups is 3. The van der Waals surface area contributed by atoms with Gasteiger partial charge in [-0.25, -0.2) is 38.9 Å². The molecule has 0 fully saturated rings. The van der Waals surface area contributed by atoms with E-state index in [1.165, 1.54) is 24.3 Å². The van der Waals surface area contributed by atoms with Crippen LogP contribution in [0.4, 0.5) is 9.59 Å². The van der Waals surface area contributed by atoms with Crippen molar-refractivity contribution < 1.29 is 43.3 Å². The number of hydrogen-bond donors (Lipinski definition) is 4. The second kappa shape index (κ2) is 28.6. The Morgan fingerprint density at radius 3 is 1.36 bits per heavy atom. The van der Waals surface area contributed by atoms with Gasteiger partial charge in [-0.15, -0.1) is 6.58 Å². The van der Waals surface area contributed by atoms with Crippen molar-refractivity contribution in [2.24, 2.45) is 20.4 Å². The van der Waals surface area contributed by atoms with Crippen LogP contribution < -0.4 is 16.0 Å². The Morgan fingerprint density at radius 1 is 0.644 bits per heavy atom. The summed E-state index contributed by atoms with van der Waals surface area (Å²) >= 11 is 0. The summed E-state index contributed by atoms with van der Waals surface area (Å²) in [6, 6.07) is 0. The van der Waals surface area contributed by atoms with Gasteiger partial charge in [0.1, 0.15) is 19.3 Å². The summed E-state index contributed by atoms with van der Waals surface area (Å²) < 4.78 is 10.6. The molecule has 0 aliphatic carbocycles. The third-order valence-corrected chi connectivity index (χ3v) is 6.77. The Morgan fingerprint density at radius 2 is 1.00 bits per heavy atom. The number of unbranched alkanes of at least 4 members (excludes halogenated alkanes) is 9. The first kappa shape index (κ1) is 40.9. The number of carbonyl (C=O) groups excluding carboxylic acids is 6. The summed E-state index contributed by atoms with van der Waals surface area (Å²) in [5.41, 5.74) is -1.64. The third-order valence-electron chi connectivity index (χ3n) is 6.77. The van der Waals surface area contributed by atoms with E-state index >= 15 is 0 Å². The maximum atomic E-state index is 12.9. The highest BCUT2D eigenvalue weighted by Crippen LogP contribution is 2.26. The summed E-state index contributed by atoms with van der Waals surface area (Å²) in [6.45, 7) is 4.87. The number of hydrogen-bond acceptors (Lipinski definition) is 12. The lowest BCUT2D eigenvalue weighted by Gasteiger charge is -2.33. The largest absolute Gasteiger partial charge is 0.448 e. The van der Waals surface area contributed by atoms with Crippen molar-refractivity contribution >= 4 is 36.3 Å². The van der Waals surface area contributed by atoms with Crippen LogP contribution in [-0.2, 0) is 28.7 Å². The number of rotatable bonds is 28. The first-order valence-electron chi connectivity index (χ1n) is 15.4. The maximum absolute atomic E-state index is 12.9. The molecule has 0 aliphatic rings. The van der Waals surface area contributed by atoms with Crippen LogP contribution in [0.5, 0.6) is 0 Å². The van der Waals surface area contributed by atoms with Gasteiger partial charge in [0.25, 0.3) is 0 Å². The minimum atomic E-state index is -1.75. The number of aliphatic hydroxyl groups is 1. The van der Waals surface area contributed by atoms with E-state index in [2.05, 4.69) is 37.5 Å². The Bertz CT molecular complexity index is 958. The highest BCUT2D eigenvalue weighted by atomic mass is 16.6.